The monoisotopic (exact) mass is 575 g/mol. The Bertz CT molecular complexity index is 1210. The molecule has 0 aliphatic heterocycles. The minimum Gasteiger partial charge on any atom is -0.349 e. The molecule has 3 rings (SSSR count). The largest absolute Gasteiger partial charge is 0.349 e. The number of fused-ring (bicyclic) bond motifs is 1. The third-order valence-electron chi connectivity index (χ3n) is 7.10. The standard InChI is InChI=1S/C36H43Cl2NO/c1-2-3-4-5-6-7-8-9-10-11-12-13-14-15-16-17-18-23-36(40)39-35-27-25-30(31-21-19-20-22-32(31)35)29-24-26-33(37)34(38)28-29/h3-4,6-7,9-10,12-13,15-16,19-22,24,26,28,30,35H,2,5,8,11,14,17-18,23,25,27H2,1H3,(H,39,40)/b4-3-,7-6-,10-9-,13-12-,16-15-/t30-,35-/m0/s1. The number of rotatable bonds is 15. The van der Waals surface area contributed by atoms with E-state index in [9.17, 15) is 4.79 Å². The van der Waals surface area contributed by atoms with E-state index in [-0.39, 0.29) is 17.9 Å². The number of unbranched alkanes of at least 4 members (excludes halogenated alkanes) is 1. The highest BCUT2D eigenvalue weighted by molar-refractivity contribution is 6.42. The SMILES string of the molecule is CC/C=C\C/C=C\C/C=C\C/C=C\C/C=C\CCCC(=O)N[C@H]1CC[C@@H](c2ccc(Cl)c(Cl)c2)c2ccccc21. The van der Waals surface area contributed by atoms with Gasteiger partial charge in [0.15, 0.2) is 0 Å². The Morgan fingerprint density at radius 3 is 2.00 bits per heavy atom. The minimum atomic E-state index is 0.0522. The van der Waals surface area contributed by atoms with E-state index in [4.69, 9.17) is 23.2 Å². The van der Waals surface area contributed by atoms with Crippen LogP contribution in [0.3, 0.4) is 0 Å². The topological polar surface area (TPSA) is 29.1 Å². The maximum atomic E-state index is 12.7. The molecule has 1 amide bonds. The summed E-state index contributed by atoms with van der Waals surface area (Å²) in [6.45, 7) is 2.15. The summed E-state index contributed by atoms with van der Waals surface area (Å²) < 4.78 is 0. The zero-order valence-corrected chi connectivity index (χ0v) is 25.2. The van der Waals surface area contributed by atoms with Crippen LogP contribution < -0.4 is 5.32 Å². The summed E-state index contributed by atoms with van der Waals surface area (Å²) in [7, 11) is 0. The Hall–Kier alpha value is -2.81. The molecule has 2 nitrogen and oxygen atoms in total. The minimum absolute atomic E-state index is 0.0522. The van der Waals surface area contributed by atoms with Crippen molar-refractivity contribution in [1.82, 2.24) is 5.32 Å². The fraction of sp³-hybridized carbons (Fsp3) is 0.361. The zero-order valence-electron chi connectivity index (χ0n) is 23.7. The lowest BCUT2D eigenvalue weighted by Gasteiger charge is -2.32. The number of allylic oxidation sites excluding steroid dienone is 10. The molecule has 2 atom stereocenters. The van der Waals surface area contributed by atoms with E-state index in [0.29, 0.717) is 16.5 Å². The average molecular weight is 577 g/mol. The predicted molar refractivity (Wildman–Crippen MR) is 173 cm³/mol. The van der Waals surface area contributed by atoms with Crippen molar-refractivity contribution in [3.8, 4) is 0 Å². The number of halogens is 2. The summed E-state index contributed by atoms with van der Waals surface area (Å²) in [6, 6.07) is 14.4. The lowest BCUT2D eigenvalue weighted by Crippen LogP contribution is -2.31. The smallest absolute Gasteiger partial charge is 0.220 e. The van der Waals surface area contributed by atoms with Crippen molar-refractivity contribution in [2.75, 3.05) is 0 Å². The molecule has 1 aliphatic rings. The number of hydrogen-bond donors (Lipinski definition) is 1. The fourth-order valence-corrected chi connectivity index (χ4v) is 5.34. The molecule has 0 aromatic heterocycles. The van der Waals surface area contributed by atoms with Gasteiger partial charge in [-0.1, -0.05) is 121 Å². The van der Waals surface area contributed by atoms with Crippen LogP contribution >= 0.6 is 23.2 Å². The van der Waals surface area contributed by atoms with Gasteiger partial charge in [0.25, 0.3) is 0 Å². The molecule has 0 radical (unpaired) electrons. The molecule has 0 heterocycles. The number of carbonyl (C=O) groups is 1. The van der Waals surface area contributed by atoms with Crippen molar-refractivity contribution in [1.29, 1.82) is 0 Å². The van der Waals surface area contributed by atoms with Crippen molar-refractivity contribution in [3.63, 3.8) is 0 Å². The predicted octanol–water partition coefficient (Wildman–Crippen LogP) is 11.0. The summed E-state index contributed by atoms with van der Waals surface area (Å²) in [5, 5.41) is 4.44. The van der Waals surface area contributed by atoms with Crippen LogP contribution in [0.2, 0.25) is 10.0 Å². The second kappa shape index (κ2) is 18.5. The third kappa shape index (κ3) is 11.0. The number of nitrogens with one attached hydrogen (secondary N) is 1. The molecule has 40 heavy (non-hydrogen) atoms. The van der Waals surface area contributed by atoms with Gasteiger partial charge in [0, 0.05) is 12.3 Å². The van der Waals surface area contributed by atoms with Crippen molar-refractivity contribution in [3.05, 3.63) is 130 Å². The van der Waals surface area contributed by atoms with Gasteiger partial charge in [-0.3, -0.25) is 4.79 Å². The van der Waals surface area contributed by atoms with Crippen LogP contribution in [-0.4, -0.2) is 5.91 Å². The van der Waals surface area contributed by atoms with E-state index in [2.05, 4.69) is 103 Å². The molecule has 2 aromatic rings. The highest BCUT2D eigenvalue weighted by Crippen LogP contribution is 2.42. The number of carbonyl (C=O) groups excluding carboxylic acids is 1. The van der Waals surface area contributed by atoms with Crippen LogP contribution in [-0.2, 0) is 4.79 Å². The van der Waals surface area contributed by atoms with Gasteiger partial charge in [-0.15, -0.1) is 0 Å². The molecule has 4 heteroatoms. The molecule has 1 N–H and O–H groups in total. The second-order valence-corrected chi connectivity index (χ2v) is 11.0. The molecule has 0 saturated heterocycles. The van der Waals surface area contributed by atoms with Gasteiger partial charge in [0.05, 0.1) is 16.1 Å². The summed E-state index contributed by atoms with van der Waals surface area (Å²) in [5.74, 6) is 0.384. The molecule has 0 bridgehead atoms. The molecule has 1 aliphatic carbocycles. The molecule has 0 spiro atoms. The van der Waals surface area contributed by atoms with Crippen LogP contribution in [0, 0.1) is 0 Å². The summed E-state index contributed by atoms with van der Waals surface area (Å²) in [4.78, 5) is 12.7. The summed E-state index contributed by atoms with van der Waals surface area (Å²) in [6.07, 6.45) is 31.2. The highest BCUT2D eigenvalue weighted by atomic mass is 35.5. The van der Waals surface area contributed by atoms with Crippen LogP contribution in [0.25, 0.3) is 0 Å². The molecule has 0 saturated carbocycles. The Labute approximate surface area is 251 Å². The molecular formula is C36H43Cl2NO. The van der Waals surface area contributed by atoms with Crippen LogP contribution in [0.1, 0.15) is 99.8 Å². The molecular weight excluding hydrogens is 533 g/mol. The Morgan fingerprint density at radius 2 is 1.38 bits per heavy atom. The number of amides is 1. The van der Waals surface area contributed by atoms with Gasteiger partial charge >= 0.3 is 0 Å². The van der Waals surface area contributed by atoms with Gasteiger partial charge in [-0.05, 0) is 86.6 Å². The molecule has 0 fully saturated rings. The van der Waals surface area contributed by atoms with E-state index >= 15 is 0 Å². The van der Waals surface area contributed by atoms with Crippen LogP contribution in [0.4, 0.5) is 0 Å². The Kier molecular flexibility index (Phi) is 14.7. The normalized spacial score (nSPS) is 17.6. The first kappa shape index (κ1) is 31.7. The van der Waals surface area contributed by atoms with Crippen molar-refractivity contribution in [2.45, 2.75) is 83.1 Å². The lowest BCUT2D eigenvalue weighted by molar-refractivity contribution is -0.122. The number of benzene rings is 2. The van der Waals surface area contributed by atoms with Crippen molar-refractivity contribution in [2.24, 2.45) is 0 Å². The summed E-state index contributed by atoms with van der Waals surface area (Å²) >= 11 is 12.4. The molecule has 2 aromatic carbocycles. The Balaban J connectivity index is 1.33. The van der Waals surface area contributed by atoms with E-state index < -0.39 is 0 Å². The quantitative estimate of drug-likeness (QED) is 0.166. The van der Waals surface area contributed by atoms with E-state index in [1.54, 1.807) is 0 Å². The average Bonchev–Trinajstić information content (AvgIpc) is 2.96. The first-order chi connectivity index (χ1) is 19.6. The van der Waals surface area contributed by atoms with Crippen molar-refractivity contribution < 1.29 is 4.79 Å². The molecule has 212 valence electrons. The lowest BCUT2D eigenvalue weighted by atomic mass is 9.76. The van der Waals surface area contributed by atoms with Gasteiger partial charge < -0.3 is 5.32 Å². The van der Waals surface area contributed by atoms with Gasteiger partial charge in [-0.25, -0.2) is 0 Å². The van der Waals surface area contributed by atoms with Crippen LogP contribution in [0.5, 0.6) is 0 Å². The highest BCUT2D eigenvalue weighted by Gasteiger charge is 2.29. The third-order valence-corrected chi connectivity index (χ3v) is 7.84. The Morgan fingerprint density at radius 1 is 0.775 bits per heavy atom. The van der Waals surface area contributed by atoms with Crippen molar-refractivity contribution >= 4 is 29.1 Å². The van der Waals surface area contributed by atoms with Gasteiger partial charge in [-0.2, -0.15) is 0 Å². The van der Waals surface area contributed by atoms with E-state index in [0.717, 1.165) is 57.8 Å². The maximum absolute atomic E-state index is 12.7. The van der Waals surface area contributed by atoms with Gasteiger partial charge in [0.1, 0.15) is 0 Å². The first-order valence-electron chi connectivity index (χ1n) is 14.7. The molecule has 0 unspecified atom stereocenters. The van der Waals surface area contributed by atoms with Gasteiger partial charge in [0.2, 0.25) is 5.91 Å². The van der Waals surface area contributed by atoms with E-state index in [1.165, 1.54) is 16.7 Å². The van der Waals surface area contributed by atoms with Crippen LogP contribution in [0.15, 0.2) is 103 Å². The first-order valence-corrected chi connectivity index (χ1v) is 15.4. The zero-order chi connectivity index (χ0) is 28.4. The maximum Gasteiger partial charge on any atom is 0.220 e. The van der Waals surface area contributed by atoms with E-state index in [1.807, 2.05) is 12.1 Å². The number of hydrogen-bond acceptors (Lipinski definition) is 1. The fourth-order valence-electron chi connectivity index (χ4n) is 5.03. The second-order valence-electron chi connectivity index (χ2n) is 10.2. The summed E-state index contributed by atoms with van der Waals surface area (Å²) in [5.41, 5.74) is 3.64.